The highest BCUT2D eigenvalue weighted by Crippen LogP contribution is 2.35. The molecule has 0 amide bonds. The van der Waals surface area contributed by atoms with E-state index in [1.807, 2.05) is 49.4 Å². The molecule has 8 heteroatoms. The van der Waals surface area contributed by atoms with E-state index in [1.165, 1.54) is 4.31 Å². The third-order valence-corrected chi connectivity index (χ3v) is 7.55. The highest BCUT2D eigenvalue weighted by molar-refractivity contribution is 7.89. The van der Waals surface area contributed by atoms with Gasteiger partial charge < -0.3 is 9.26 Å². The summed E-state index contributed by atoms with van der Waals surface area (Å²) in [4.78, 5) is 4.82. The van der Waals surface area contributed by atoms with Crippen LogP contribution in [-0.2, 0) is 27.8 Å². The largest absolute Gasteiger partial charge is 0.376 e. The molecule has 1 saturated heterocycles. The quantitative estimate of drug-likeness (QED) is 0.490. The molecule has 2 heterocycles. The number of rotatable bonds is 8. The summed E-state index contributed by atoms with van der Waals surface area (Å²) >= 11 is 0. The van der Waals surface area contributed by atoms with E-state index in [0.717, 1.165) is 24.0 Å². The fourth-order valence-corrected chi connectivity index (χ4v) is 5.72. The van der Waals surface area contributed by atoms with Crippen LogP contribution in [0.4, 0.5) is 0 Å². The van der Waals surface area contributed by atoms with Crippen molar-refractivity contribution in [3.63, 3.8) is 0 Å². The zero-order valence-electron chi connectivity index (χ0n) is 17.6. The highest BCUT2D eigenvalue weighted by Gasteiger charge is 2.38. The molecular weight excluding hydrogens is 414 g/mol. The maximum Gasteiger partial charge on any atom is 0.245 e. The molecule has 1 unspecified atom stereocenters. The van der Waals surface area contributed by atoms with Gasteiger partial charge in [-0.05, 0) is 37.0 Å². The number of hydrogen-bond acceptors (Lipinski definition) is 6. The number of aryl methyl sites for hydroxylation is 1. The second-order valence-corrected chi connectivity index (χ2v) is 9.59. The molecule has 164 valence electrons. The van der Waals surface area contributed by atoms with Crippen LogP contribution in [0.25, 0.3) is 0 Å². The Balaban J connectivity index is 1.43. The summed E-state index contributed by atoms with van der Waals surface area (Å²) in [5.74, 6) is 0.886. The standard InChI is InChI=1S/C23H27N3O4S/c1-18-9-5-6-13-21(18)31(27,28)26-15-8-7-12-20(26)23-24-22(25-30-23)14-16-29-17-19-10-3-2-4-11-19/h2-6,9-11,13,20H,7-8,12,14-17H2,1H3. The van der Waals surface area contributed by atoms with Crippen LogP contribution < -0.4 is 0 Å². The van der Waals surface area contributed by atoms with Crippen LogP contribution in [0.3, 0.4) is 0 Å². The van der Waals surface area contributed by atoms with Crippen LogP contribution in [0.1, 0.15) is 48.1 Å². The SMILES string of the molecule is Cc1ccccc1S(=O)(=O)N1CCCCC1c1nc(CCOCc2ccccc2)no1. The molecule has 2 aromatic carbocycles. The minimum Gasteiger partial charge on any atom is -0.376 e. The van der Waals surface area contributed by atoms with Crippen molar-refractivity contribution in [1.82, 2.24) is 14.4 Å². The van der Waals surface area contributed by atoms with Gasteiger partial charge in [0.05, 0.1) is 18.1 Å². The van der Waals surface area contributed by atoms with Crippen molar-refractivity contribution in [1.29, 1.82) is 0 Å². The first-order valence-corrected chi connectivity index (χ1v) is 12.0. The van der Waals surface area contributed by atoms with E-state index >= 15 is 0 Å². The van der Waals surface area contributed by atoms with Gasteiger partial charge in [0, 0.05) is 13.0 Å². The predicted octanol–water partition coefficient (Wildman–Crippen LogP) is 4.05. The van der Waals surface area contributed by atoms with Crippen molar-refractivity contribution in [2.45, 2.75) is 50.2 Å². The summed E-state index contributed by atoms with van der Waals surface area (Å²) in [6.45, 7) is 3.24. The van der Waals surface area contributed by atoms with Crippen LogP contribution in [-0.4, -0.2) is 36.0 Å². The maximum atomic E-state index is 13.4. The predicted molar refractivity (Wildman–Crippen MR) is 116 cm³/mol. The third kappa shape index (κ3) is 5.03. The van der Waals surface area contributed by atoms with Gasteiger partial charge in [-0.15, -0.1) is 0 Å². The summed E-state index contributed by atoms with van der Waals surface area (Å²) < 4.78 is 39.4. The average Bonchev–Trinajstić information content (AvgIpc) is 3.26. The van der Waals surface area contributed by atoms with Gasteiger partial charge in [0.1, 0.15) is 6.04 Å². The molecule has 4 rings (SSSR count). The Morgan fingerprint density at radius 1 is 1.10 bits per heavy atom. The van der Waals surface area contributed by atoms with Gasteiger partial charge in [-0.1, -0.05) is 60.1 Å². The number of ether oxygens (including phenoxy) is 1. The van der Waals surface area contributed by atoms with Crippen molar-refractivity contribution < 1.29 is 17.7 Å². The minimum absolute atomic E-state index is 0.330. The lowest BCUT2D eigenvalue weighted by molar-refractivity contribution is 0.122. The van der Waals surface area contributed by atoms with Gasteiger partial charge in [-0.2, -0.15) is 9.29 Å². The molecule has 0 aliphatic carbocycles. The number of aromatic nitrogens is 2. The monoisotopic (exact) mass is 441 g/mol. The van der Waals surface area contributed by atoms with Crippen molar-refractivity contribution in [2.75, 3.05) is 13.2 Å². The molecule has 3 aromatic rings. The maximum absolute atomic E-state index is 13.4. The van der Waals surface area contributed by atoms with Gasteiger partial charge in [0.25, 0.3) is 0 Å². The fraction of sp³-hybridized carbons (Fsp3) is 0.391. The molecule has 1 aromatic heterocycles. The molecule has 7 nitrogen and oxygen atoms in total. The van der Waals surface area contributed by atoms with Crippen LogP contribution in [0.15, 0.2) is 64.0 Å². The second-order valence-electron chi connectivity index (χ2n) is 7.73. The number of nitrogens with zero attached hydrogens (tertiary/aromatic N) is 3. The molecule has 0 N–H and O–H groups in total. The van der Waals surface area contributed by atoms with E-state index < -0.39 is 16.1 Å². The summed E-state index contributed by atoms with van der Waals surface area (Å²) in [6.07, 6.45) is 2.91. The number of piperidine rings is 1. The van der Waals surface area contributed by atoms with Crippen molar-refractivity contribution >= 4 is 10.0 Å². The summed E-state index contributed by atoms with van der Waals surface area (Å²) in [7, 11) is -3.65. The Morgan fingerprint density at radius 3 is 2.68 bits per heavy atom. The molecule has 0 bridgehead atoms. The van der Waals surface area contributed by atoms with Crippen LogP contribution in [0, 0.1) is 6.92 Å². The van der Waals surface area contributed by atoms with E-state index in [0.29, 0.717) is 49.2 Å². The van der Waals surface area contributed by atoms with Crippen molar-refractivity contribution in [3.05, 3.63) is 77.4 Å². The first kappa shape index (κ1) is 21.7. The Kier molecular flexibility index (Phi) is 6.80. The minimum atomic E-state index is -3.65. The van der Waals surface area contributed by atoms with E-state index in [4.69, 9.17) is 9.26 Å². The first-order valence-electron chi connectivity index (χ1n) is 10.6. The highest BCUT2D eigenvalue weighted by atomic mass is 32.2. The Hall–Kier alpha value is -2.55. The lowest BCUT2D eigenvalue weighted by Crippen LogP contribution is -2.38. The normalized spacial score (nSPS) is 17.6. The van der Waals surface area contributed by atoms with Crippen molar-refractivity contribution in [3.8, 4) is 0 Å². The van der Waals surface area contributed by atoms with Crippen LogP contribution in [0.2, 0.25) is 0 Å². The molecule has 1 atom stereocenters. The van der Waals surface area contributed by atoms with Gasteiger partial charge in [0.2, 0.25) is 15.9 Å². The Labute approximate surface area is 183 Å². The molecule has 31 heavy (non-hydrogen) atoms. The first-order chi connectivity index (χ1) is 15.1. The number of benzene rings is 2. The molecule has 0 spiro atoms. The molecule has 1 fully saturated rings. The zero-order chi connectivity index (χ0) is 21.7. The van der Waals surface area contributed by atoms with E-state index in [9.17, 15) is 8.42 Å². The zero-order valence-corrected chi connectivity index (χ0v) is 18.4. The van der Waals surface area contributed by atoms with Crippen LogP contribution in [0.5, 0.6) is 0 Å². The second kappa shape index (κ2) is 9.72. The lowest BCUT2D eigenvalue weighted by Gasteiger charge is -2.32. The van der Waals surface area contributed by atoms with Gasteiger partial charge in [0.15, 0.2) is 5.82 Å². The number of sulfonamides is 1. The Bertz CT molecular complexity index is 1100. The molecule has 1 aliphatic heterocycles. The smallest absolute Gasteiger partial charge is 0.245 e. The summed E-state index contributed by atoms with van der Waals surface area (Å²) in [5.41, 5.74) is 1.84. The number of hydrogen-bond donors (Lipinski definition) is 0. The van der Waals surface area contributed by atoms with Crippen molar-refractivity contribution in [2.24, 2.45) is 0 Å². The van der Waals surface area contributed by atoms with Crippen LogP contribution >= 0.6 is 0 Å². The van der Waals surface area contributed by atoms with Gasteiger partial charge in [-0.25, -0.2) is 8.42 Å². The molecule has 1 aliphatic rings. The summed E-state index contributed by atoms with van der Waals surface area (Å²) in [6, 6.07) is 16.6. The summed E-state index contributed by atoms with van der Waals surface area (Å²) in [5, 5.41) is 4.06. The van der Waals surface area contributed by atoms with E-state index in [2.05, 4.69) is 10.1 Å². The fourth-order valence-electron chi connectivity index (χ4n) is 3.84. The average molecular weight is 442 g/mol. The van der Waals surface area contributed by atoms with E-state index in [1.54, 1.807) is 12.1 Å². The molecule has 0 saturated carbocycles. The van der Waals surface area contributed by atoms with E-state index in [-0.39, 0.29) is 0 Å². The lowest BCUT2D eigenvalue weighted by atomic mass is 10.1. The molecular formula is C23H27N3O4S. The molecule has 0 radical (unpaired) electrons. The topological polar surface area (TPSA) is 85.5 Å². The third-order valence-electron chi connectivity index (χ3n) is 5.48. The Morgan fingerprint density at radius 2 is 1.87 bits per heavy atom. The van der Waals surface area contributed by atoms with Gasteiger partial charge in [-0.3, -0.25) is 0 Å². The van der Waals surface area contributed by atoms with Gasteiger partial charge >= 0.3 is 0 Å².